The second-order valence-electron chi connectivity index (χ2n) is 14.5. The molecule has 2 aromatic heterocycles. The average molecular weight is 748 g/mol. The van der Waals surface area contributed by atoms with Crippen molar-refractivity contribution in [2.24, 2.45) is 0 Å². The summed E-state index contributed by atoms with van der Waals surface area (Å²) in [5.41, 5.74) is 9.94. The van der Waals surface area contributed by atoms with E-state index in [9.17, 15) is 0 Å². The number of hydrogen-bond donors (Lipinski definition) is 0. The fraction of sp³-hybridized carbons (Fsp3) is 0. The smallest absolute Gasteiger partial charge is 0.172 e. The molecule has 1 unspecified atom stereocenters. The van der Waals surface area contributed by atoms with Crippen molar-refractivity contribution in [3.05, 3.63) is 206 Å². The van der Waals surface area contributed by atoms with Crippen LogP contribution in [0.25, 0.3) is 83.6 Å². The highest BCUT2D eigenvalue weighted by Crippen LogP contribution is 2.54. The standard InChI is InChI=1S/C52H34N3OP/c56-57(41-32-31-36-17-7-8-20-40(36)33-41)47-25-13-10-22-43(47)50-42-21-9-12-24-46(42)55(51(50)44-23-11-14-26-48(44)57)49-34-45(53-52(54-49)39-18-5-2-6-19-39)38-29-27-37(28-30-38)35-15-3-1-4-16-35/h1-34H. The van der Waals surface area contributed by atoms with Gasteiger partial charge in [-0.25, -0.2) is 9.97 Å². The van der Waals surface area contributed by atoms with Gasteiger partial charge in [0.25, 0.3) is 0 Å². The zero-order valence-electron chi connectivity index (χ0n) is 30.8. The van der Waals surface area contributed by atoms with Crippen molar-refractivity contribution in [2.45, 2.75) is 0 Å². The molecular formula is C52H34N3OP. The van der Waals surface area contributed by atoms with Gasteiger partial charge in [-0.1, -0.05) is 188 Å². The molecule has 0 amide bonds. The molecule has 268 valence electrons. The van der Waals surface area contributed by atoms with Gasteiger partial charge in [0.05, 0.1) is 16.9 Å². The largest absolute Gasteiger partial charge is 0.309 e. The maximum atomic E-state index is 16.5. The minimum atomic E-state index is -3.42. The lowest BCUT2D eigenvalue weighted by atomic mass is 9.98. The molecule has 1 atom stereocenters. The Morgan fingerprint density at radius 2 is 1.02 bits per heavy atom. The zero-order chi connectivity index (χ0) is 37.9. The number of nitrogens with zero attached hydrogens (tertiary/aromatic N) is 3. The van der Waals surface area contributed by atoms with Crippen LogP contribution >= 0.6 is 7.14 Å². The van der Waals surface area contributed by atoms with Crippen LogP contribution in [0.1, 0.15) is 0 Å². The summed E-state index contributed by atoms with van der Waals surface area (Å²) in [5.74, 6) is 1.36. The molecule has 10 aromatic rings. The summed E-state index contributed by atoms with van der Waals surface area (Å²) in [4.78, 5) is 10.6. The van der Waals surface area contributed by atoms with E-state index >= 15 is 4.57 Å². The van der Waals surface area contributed by atoms with Crippen LogP contribution < -0.4 is 15.9 Å². The van der Waals surface area contributed by atoms with Crippen LogP contribution in [0.15, 0.2) is 206 Å². The van der Waals surface area contributed by atoms with E-state index in [1.54, 1.807) is 0 Å². The first-order chi connectivity index (χ1) is 28.1. The molecule has 0 saturated carbocycles. The summed E-state index contributed by atoms with van der Waals surface area (Å²) in [6, 6.07) is 70.9. The van der Waals surface area contributed by atoms with Crippen LogP contribution in [0, 0.1) is 0 Å². The summed E-state index contributed by atoms with van der Waals surface area (Å²) in [7, 11) is -3.42. The summed E-state index contributed by atoms with van der Waals surface area (Å²) < 4.78 is 18.7. The fourth-order valence-corrected chi connectivity index (χ4v) is 11.6. The van der Waals surface area contributed by atoms with Gasteiger partial charge in [-0.15, -0.1) is 0 Å². The average Bonchev–Trinajstić information content (AvgIpc) is 3.60. The maximum Gasteiger partial charge on any atom is 0.172 e. The molecule has 57 heavy (non-hydrogen) atoms. The molecule has 0 N–H and O–H groups in total. The fourth-order valence-electron chi connectivity index (χ4n) is 8.57. The van der Waals surface area contributed by atoms with Gasteiger partial charge in [-0.3, -0.25) is 4.57 Å². The number of hydrogen-bond acceptors (Lipinski definition) is 3. The van der Waals surface area contributed by atoms with Gasteiger partial charge < -0.3 is 4.57 Å². The van der Waals surface area contributed by atoms with E-state index in [2.05, 4.69) is 162 Å². The van der Waals surface area contributed by atoms with Crippen LogP contribution in [0.3, 0.4) is 0 Å². The Labute approximate surface area is 330 Å². The highest BCUT2D eigenvalue weighted by Gasteiger charge is 2.40. The molecule has 0 saturated heterocycles. The van der Waals surface area contributed by atoms with Crippen LogP contribution in [-0.4, -0.2) is 14.5 Å². The Morgan fingerprint density at radius 3 is 1.79 bits per heavy atom. The molecule has 0 aliphatic carbocycles. The first kappa shape index (κ1) is 33.2. The predicted molar refractivity (Wildman–Crippen MR) is 237 cm³/mol. The highest BCUT2D eigenvalue weighted by molar-refractivity contribution is 7.85. The molecule has 0 bridgehead atoms. The first-order valence-corrected chi connectivity index (χ1v) is 20.9. The quantitative estimate of drug-likeness (QED) is 0.165. The van der Waals surface area contributed by atoms with E-state index in [4.69, 9.17) is 9.97 Å². The monoisotopic (exact) mass is 747 g/mol. The van der Waals surface area contributed by atoms with E-state index < -0.39 is 7.14 Å². The lowest BCUT2D eigenvalue weighted by Crippen LogP contribution is -2.26. The van der Waals surface area contributed by atoms with Gasteiger partial charge in [-0.05, 0) is 39.6 Å². The lowest BCUT2D eigenvalue weighted by Gasteiger charge is -2.23. The number of aromatic nitrogens is 3. The van der Waals surface area contributed by atoms with Crippen molar-refractivity contribution in [2.75, 3.05) is 0 Å². The van der Waals surface area contributed by atoms with Gasteiger partial charge in [0.15, 0.2) is 13.0 Å². The van der Waals surface area contributed by atoms with E-state index in [-0.39, 0.29) is 0 Å². The minimum Gasteiger partial charge on any atom is -0.309 e. The first-order valence-electron chi connectivity index (χ1n) is 19.2. The molecule has 4 nitrogen and oxygen atoms in total. The normalized spacial score (nSPS) is 14.5. The van der Waals surface area contributed by atoms with Crippen molar-refractivity contribution < 1.29 is 4.57 Å². The Bertz CT molecular complexity index is 3210. The number of rotatable bonds is 5. The topological polar surface area (TPSA) is 47.8 Å². The Balaban J connectivity index is 1.21. The predicted octanol–water partition coefficient (Wildman–Crippen LogP) is 11.9. The van der Waals surface area contributed by atoms with Crippen molar-refractivity contribution >= 4 is 44.7 Å². The molecule has 5 heteroatoms. The SMILES string of the molecule is O=P1(c2ccc3ccccc3c2)c2ccccc2-c2c(n(-c3cc(-c4ccc(-c5ccccc5)cc4)nc(-c4ccccc4)n3)c3ccccc23)-c2ccccc21. The molecule has 0 radical (unpaired) electrons. The van der Waals surface area contributed by atoms with Crippen molar-refractivity contribution in [1.29, 1.82) is 0 Å². The third-order valence-corrected chi connectivity index (χ3v) is 14.4. The van der Waals surface area contributed by atoms with Crippen LogP contribution in [0.5, 0.6) is 0 Å². The third-order valence-electron chi connectivity index (χ3n) is 11.2. The molecule has 0 spiro atoms. The van der Waals surface area contributed by atoms with Gasteiger partial charge in [0, 0.05) is 49.6 Å². The molecular weight excluding hydrogens is 714 g/mol. The van der Waals surface area contributed by atoms with Crippen LogP contribution in [0.2, 0.25) is 0 Å². The van der Waals surface area contributed by atoms with Gasteiger partial charge >= 0.3 is 0 Å². The van der Waals surface area contributed by atoms with Gasteiger partial charge in [0.1, 0.15) is 5.82 Å². The summed E-state index contributed by atoms with van der Waals surface area (Å²) in [6.45, 7) is 0. The maximum absolute atomic E-state index is 16.5. The lowest BCUT2D eigenvalue weighted by molar-refractivity contribution is 0.592. The van der Waals surface area contributed by atoms with Crippen molar-refractivity contribution in [3.8, 4) is 62.0 Å². The number of benzene rings is 8. The Hall–Kier alpha value is -7.13. The van der Waals surface area contributed by atoms with Gasteiger partial charge in [0.2, 0.25) is 0 Å². The molecule has 1 aliphatic heterocycles. The molecule has 1 aliphatic rings. The molecule has 3 heterocycles. The second-order valence-corrected chi connectivity index (χ2v) is 17.2. The second kappa shape index (κ2) is 13.3. The zero-order valence-corrected chi connectivity index (χ0v) is 31.7. The van der Waals surface area contributed by atoms with E-state index in [0.29, 0.717) is 5.82 Å². The number of para-hydroxylation sites is 1. The molecule has 8 aromatic carbocycles. The summed E-state index contributed by atoms with van der Waals surface area (Å²) in [5, 5.41) is 5.71. The summed E-state index contributed by atoms with van der Waals surface area (Å²) in [6.07, 6.45) is 0. The molecule has 11 rings (SSSR count). The summed E-state index contributed by atoms with van der Waals surface area (Å²) >= 11 is 0. The Kier molecular flexibility index (Phi) is 7.73. The van der Waals surface area contributed by atoms with E-state index in [1.807, 2.05) is 48.5 Å². The van der Waals surface area contributed by atoms with E-state index in [0.717, 1.165) is 88.2 Å². The van der Waals surface area contributed by atoms with Crippen molar-refractivity contribution in [3.63, 3.8) is 0 Å². The third kappa shape index (κ3) is 5.33. The van der Waals surface area contributed by atoms with Crippen LogP contribution in [0.4, 0.5) is 0 Å². The molecule has 0 fully saturated rings. The minimum absolute atomic E-state index is 0.630. The van der Waals surface area contributed by atoms with Gasteiger partial charge in [-0.2, -0.15) is 0 Å². The van der Waals surface area contributed by atoms with Crippen molar-refractivity contribution in [1.82, 2.24) is 14.5 Å². The van der Waals surface area contributed by atoms with Crippen LogP contribution in [-0.2, 0) is 4.57 Å². The highest BCUT2D eigenvalue weighted by atomic mass is 31.2. The Morgan fingerprint density at radius 1 is 0.439 bits per heavy atom. The van der Waals surface area contributed by atoms with E-state index in [1.165, 1.54) is 5.56 Å². The number of fused-ring (bicyclic) bond motifs is 8.